The van der Waals surface area contributed by atoms with Crippen LogP contribution in [0.5, 0.6) is 5.75 Å². The van der Waals surface area contributed by atoms with Gasteiger partial charge in [-0.1, -0.05) is 18.2 Å². The van der Waals surface area contributed by atoms with E-state index in [2.05, 4.69) is 65.9 Å². The number of aromatic nitrogens is 2. The molecule has 1 fully saturated rings. The van der Waals surface area contributed by atoms with Crippen LogP contribution in [0, 0.1) is 13.8 Å². The average Bonchev–Trinajstić information content (AvgIpc) is 3.42. The van der Waals surface area contributed by atoms with E-state index in [1.165, 1.54) is 11.4 Å². The molecule has 1 aliphatic rings. The first kappa shape index (κ1) is 20.1. The second-order valence-electron chi connectivity index (χ2n) is 9.25. The third-order valence-corrected chi connectivity index (χ3v) is 7.06. The monoisotopic (exact) mass is 436 g/mol. The summed E-state index contributed by atoms with van der Waals surface area (Å²) in [4.78, 5) is 4.45. The van der Waals surface area contributed by atoms with Gasteiger partial charge >= 0.3 is 0 Å². The van der Waals surface area contributed by atoms with Crippen molar-refractivity contribution in [1.82, 2.24) is 9.55 Å². The first-order valence-corrected chi connectivity index (χ1v) is 11.8. The van der Waals surface area contributed by atoms with Gasteiger partial charge in [0.1, 0.15) is 17.1 Å². The number of rotatable bonds is 4. The lowest BCUT2D eigenvalue weighted by Crippen LogP contribution is -2.26. The topological polar surface area (TPSA) is 40.2 Å². The van der Waals surface area contributed by atoms with Gasteiger partial charge in [0.2, 0.25) is 0 Å². The maximum Gasteiger partial charge on any atom is 0.137 e. The Balaban J connectivity index is 1.24. The van der Waals surface area contributed by atoms with Crippen LogP contribution in [0.3, 0.4) is 0 Å². The normalized spacial score (nSPS) is 18.7. The van der Waals surface area contributed by atoms with E-state index >= 15 is 0 Å². The van der Waals surface area contributed by atoms with Crippen molar-refractivity contribution in [3.63, 3.8) is 0 Å². The third-order valence-electron chi connectivity index (χ3n) is 7.06. The summed E-state index contributed by atoms with van der Waals surface area (Å²) in [7, 11) is 0. The number of aryl methyl sites for hydroxylation is 2. The molecule has 3 aromatic heterocycles. The van der Waals surface area contributed by atoms with Gasteiger partial charge in [0.15, 0.2) is 0 Å². The van der Waals surface area contributed by atoms with Gasteiger partial charge in [0, 0.05) is 46.2 Å². The summed E-state index contributed by atoms with van der Waals surface area (Å²) in [5.41, 5.74) is 4.61. The SMILES string of the molecule is Cc1ccc(C)n1[C@H]1CC[C@H](Oc2ccc3cncc(-c4cc5ccccc5o4)c3c2)CC1. The minimum absolute atomic E-state index is 0.256. The van der Waals surface area contributed by atoms with Gasteiger partial charge in [-0.3, -0.25) is 4.98 Å². The maximum absolute atomic E-state index is 6.48. The van der Waals surface area contributed by atoms with Crippen LogP contribution in [-0.4, -0.2) is 15.7 Å². The molecular formula is C29H28N2O2. The predicted molar refractivity (Wildman–Crippen MR) is 133 cm³/mol. The number of fused-ring (bicyclic) bond motifs is 2. The molecule has 0 N–H and O–H groups in total. The molecule has 33 heavy (non-hydrogen) atoms. The molecule has 0 amide bonds. The summed E-state index contributed by atoms with van der Waals surface area (Å²) < 4.78 is 15.1. The summed E-state index contributed by atoms with van der Waals surface area (Å²) in [6.45, 7) is 4.41. The Kier molecular flexibility index (Phi) is 4.94. The number of hydrogen-bond acceptors (Lipinski definition) is 3. The fourth-order valence-corrected chi connectivity index (χ4v) is 5.40. The Morgan fingerprint density at radius 1 is 0.848 bits per heavy atom. The highest BCUT2D eigenvalue weighted by molar-refractivity contribution is 5.97. The molecule has 3 heterocycles. The molecule has 0 saturated heterocycles. The van der Waals surface area contributed by atoms with E-state index in [9.17, 15) is 0 Å². The van der Waals surface area contributed by atoms with Crippen molar-refractivity contribution in [2.75, 3.05) is 0 Å². The lowest BCUT2D eigenvalue weighted by Gasteiger charge is -2.31. The van der Waals surface area contributed by atoms with Crippen LogP contribution in [0.4, 0.5) is 0 Å². The summed E-state index contributed by atoms with van der Waals surface area (Å²) in [6, 6.07) is 21.5. The van der Waals surface area contributed by atoms with Gasteiger partial charge in [0.05, 0.1) is 6.10 Å². The highest BCUT2D eigenvalue weighted by Crippen LogP contribution is 2.36. The van der Waals surface area contributed by atoms with Crippen molar-refractivity contribution < 1.29 is 9.15 Å². The molecule has 1 aliphatic carbocycles. The molecule has 4 heteroatoms. The van der Waals surface area contributed by atoms with Crippen LogP contribution in [0.15, 0.2) is 77.5 Å². The van der Waals surface area contributed by atoms with Gasteiger partial charge < -0.3 is 13.7 Å². The van der Waals surface area contributed by atoms with Crippen LogP contribution >= 0.6 is 0 Å². The van der Waals surface area contributed by atoms with Crippen LogP contribution in [0.2, 0.25) is 0 Å². The number of hydrogen-bond donors (Lipinski definition) is 0. The Labute approximate surface area is 193 Å². The molecule has 4 nitrogen and oxygen atoms in total. The smallest absolute Gasteiger partial charge is 0.137 e. The lowest BCUT2D eigenvalue weighted by molar-refractivity contribution is 0.132. The summed E-state index contributed by atoms with van der Waals surface area (Å²) in [6.07, 6.45) is 8.51. The molecule has 0 radical (unpaired) electrons. The number of nitrogens with zero attached hydrogens (tertiary/aromatic N) is 2. The zero-order valence-corrected chi connectivity index (χ0v) is 19.1. The van der Waals surface area contributed by atoms with Gasteiger partial charge in [-0.05, 0) is 87.4 Å². The third kappa shape index (κ3) is 3.70. The Morgan fingerprint density at radius 2 is 1.64 bits per heavy atom. The van der Waals surface area contributed by atoms with Gasteiger partial charge in [-0.15, -0.1) is 0 Å². The van der Waals surface area contributed by atoms with E-state index in [1.54, 1.807) is 0 Å². The van der Waals surface area contributed by atoms with E-state index in [1.807, 2.05) is 30.6 Å². The number of para-hydroxylation sites is 1. The highest BCUT2D eigenvalue weighted by atomic mass is 16.5. The average molecular weight is 437 g/mol. The maximum atomic E-state index is 6.48. The zero-order chi connectivity index (χ0) is 22.4. The fraction of sp³-hybridized carbons (Fsp3) is 0.276. The van der Waals surface area contributed by atoms with Crippen LogP contribution in [0.25, 0.3) is 33.1 Å². The molecule has 0 bridgehead atoms. The molecule has 1 saturated carbocycles. The van der Waals surface area contributed by atoms with Gasteiger partial charge in [-0.25, -0.2) is 0 Å². The lowest BCUT2D eigenvalue weighted by atomic mass is 9.92. The Morgan fingerprint density at radius 3 is 2.42 bits per heavy atom. The summed E-state index contributed by atoms with van der Waals surface area (Å²) in [5.74, 6) is 1.76. The Bertz CT molecular complexity index is 1380. The van der Waals surface area contributed by atoms with E-state index in [-0.39, 0.29) is 6.10 Å². The minimum atomic E-state index is 0.256. The van der Waals surface area contributed by atoms with Crippen molar-refractivity contribution in [3.05, 3.63) is 84.4 Å². The number of pyridine rings is 1. The number of benzene rings is 2. The van der Waals surface area contributed by atoms with Crippen molar-refractivity contribution in [2.45, 2.75) is 51.7 Å². The van der Waals surface area contributed by atoms with E-state index in [4.69, 9.17) is 9.15 Å². The van der Waals surface area contributed by atoms with E-state index in [0.717, 1.165) is 64.5 Å². The predicted octanol–water partition coefficient (Wildman–Crippen LogP) is 7.63. The van der Waals surface area contributed by atoms with E-state index in [0.29, 0.717) is 6.04 Å². The fourth-order valence-electron chi connectivity index (χ4n) is 5.40. The standard InChI is InChI=1S/C29H28N2O2/c1-19-7-8-20(2)31(19)23-10-13-24(14-11-23)32-25-12-9-22-17-30-18-27(26(22)16-25)29-15-21-5-3-4-6-28(21)33-29/h3-9,12,15-18,23-24H,10-11,13-14H2,1-2H3/t23-,24-. The second kappa shape index (κ2) is 8.11. The van der Waals surface area contributed by atoms with Crippen molar-refractivity contribution in [1.29, 1.82) is 0 Å². The quantitative estimate of drug-likeness (QED) is 0.291. The zero-order valence-electron chi connectivity index (χ0n) is 19.1. The number of ether oxygens (including phenoxy) is 1. The van der Waals surface area contributed by atoms with Gasteiger partial charge in [0.25, 0.3) is 0 Å². The first-order valence-electron chi connectivity index (χ1n) is 11.8. The summed E-state index contributed by atoms with van der Waals surface area (Å²) in [5, 5.41) is 3.29. The van der Waals surface area contributed by atoms with Crippen LogP contribution < -0.4 is 4.74 Å². The largest absolute Gasteiger partial charge is 0.490 e. The van der Waals surface area contributed by atoms with Gasteiger partial charge in [-0.2, -0.15) is 0 Å². The molecule has 0 spiro atoms. The number of furan rings is 1. The second-order valence-corrected chi connectivity index (χ2v) is 9.25. The highest BCUT2D eigenvalue weighted by Gasteiger charge is 2.25. The van der Waals surface area contributed by atoms with Crippen molar-refractivity contribution in [3.8, 4) is 17.1 Å². The molecule has 6 rings (SSSR count). The van der Waals surface area contributed by atoms with E-state index < -0.39 is 0 Å². The molecule has 5 aromatic rings. The Hall–Kier alpha value is -3.53. The van der Waals surface area contributed by atoms with Crippen molar-refractivity contribution >= 4 is 21.7 Å². The molecule has 2 aromatic carbocycles. The molecular weight excluding hydrogens is 408 g/mol. The first-order chi connectivity index (χ1) is 16.2. The van der Waals surface area contributed by atoms with Crippen LogP contribution in [-0.2, 0) is 0 Å². The molecule has 0 atom stereocenters. The summed E-state index contributed by atoms with van der Waals surface area (Å²) >= 11 is 0. The molecule has 0 unspecified atom stereocenters. The molecule has 0 aliphatic heterocycles. The molecule has 166 valence electrons. The minimum Gasteiger partial charge on any atom is -0.490 e. The van der Waals surface area contributed by atoms with Crippen molar-refractivity contribution in [2.24, 2.45) is 0 Å². The van der Waals surface area contributed by atoms with Crippen LogP contribution in [0.1, 0.15) is 43.1 Å².